The Morgan fingerprint density at radius 1 is 1.00 bits per heavy atom. The molecule has 0 saturated heterocycles. The molecule has 29 heavy (non-hydrogen) atoms. The predicted molar refractivity (Wildman–Crippen MR) is 94.4 cm³/mol. The van der Waals surface area contributed by atoms with Gasteiger partial charge in [0.25, 0.3) is 5.91 Å². The van der Waals surface area contributed by atoms with E-state index in [0.29, 0.717) is 0 Å². The van der Waals surface area contributed by atoms with Crippen LogP contribution >= 0.6 is 0 Å². The van der Waals surface area contributed by atoms with Crippen molar-refractivity contribution in [2.24, 2.45) is 0 Å². The van der Waals surface area contributed by atoms with Crippen molar-refractivity contribution in [3.05, 3.63) is 29.8 Å². The number of nitrogens with zero attached hydrogens (tertiary/aromatic N) is 1. The van der Waals surface area contributed by atoms with Gasteiger partial charge >= 0.3 is 18.0 Å². The standard InChI is InChI=1S/C16H20FN5O7/c17-11-2-1-9(8-21-11)14(26)19-4-3-12(23)18-5-6-20-16(29)22-10(15(27)28)7-13(24)25/h1-2,8,10H,3-7H2,(H,18,23)(H,19,26)(H,24,25)(H,27,28)(H2,20,22,29)/t10-/m0/s1/i17-1. The fraction of sp³-hybridized carbons (Fsp3) is 0.375. The molecule has 0 saturated carbocycles. The number of aromatic nitrogens is 1. The van der Waals surface area contributed by atoms with E-state index in [1.165, 1.54) is 6.07 Å². The highest BCUT2D eigenvalue weighted by atomic mass is 18.2. The van der Waals surface area contributed by atoms with Crippen LogP contribution in [0.1, 0.15) is 23.2 Å². The number of carboxylic acid groups (broad SMARTS) is 2. The maximum absolute atomic E-state index is 12.7. The molecule has 0 radical (unpaired) electrons. The Bertz CT molecular complexity index is 757. The molecule has 0 unspecified atom stereocenters. The molecule has 0 aliphatic carbocycles. The van der Waals surface area contributed by atoms with Gasteiger partial charge in [0.15, 0.2) is 0 Å². The normalized spacial score (nSPS) is 11.1. The second kappa shape index (κ2) is 11.8. The molecule has 158 valence electrons. The van der Waals surface area contributed by atoms with Gasteiger partial charge in [0, 0.05) is 32.3 Å². The third-order valence-electron chi connectivity index (χ3n) is 3.34. The highest BCUT2D eigenvalue weighted by Gasteiger charge is 2.22. The number of hydrogen-bond donors (Lipinski definition) is 6. The highest BCUT2D eigenvalue weighted by Crippen LogP contribution is 1.98. The minimum Gasteiger partial charge on any atom is -0.481 e. The van der Waals surface area contributed by atoms with Crippen molar-refractivity contribution in [1.29, 1.82) is 0 Å². The second-order valence-corrected chi connectivity index (χ2v) is 5.61. The SMILES string of the molecule is O=C(O)C[C@H](NC(=O)NCCNC(=O)CCNC(=O)c1ccc([18F])nc1)C(=O)O. The highest BCUT2D eigenvalue weighted by molar-refractivity contribution is 5.94. The molecule has 1 heterocycles. The van der Waals surface area contributed by atoms with Gasteiger partial charge in [0.05, 0.1) is 12.0 Å². The molecule has 0 aromatic carbocycles. The minimum atomic E-state index is -1.58. The van der Waals surface area contributed by atoms with Crippen molar-refractivity contribution in [1.82, 2.24) is 26.3 Å². The van der Waals surface area contributed by atoms with E-state index in [1.54, 1.807) is 0 Å². The summed E-state index contributed by atoms with van der Waals surface area (Å²) in [6.45, 7) is 0.00871. The molecule has 4 amide bonds. The molecule has 6 N–H and O–H groups in total. The molecule has 0 bridgehead atoms. The zero-order chi connectivity index (χ0) is 21.8. The van der Waals surface area contributed by atoms with Gasteiger partial charge in [-0.3, -0.25) is 14.4 Å². The minimum absolute atomic E-state index is 0.0193. The number of amides is 4. The quantitative estimate of drug-likeness (QED) is 0.191. The molecular formula is C16H20FN5O7. The Labute approximate surface area is 163 Å². The van der Waals surface area contributed by atoms with Gasteiger partial charge in [-0.2, -0.15) is 4.39 Å². The molecule has 0 fully saturated rings. The fourth-order valence-corrected chi connectivity index (χ4v) is 1.95. The van der Waals surface area contributed by atoms with Gasteiger partial charge in [-0.25, -0.2) is 14.6 Å². The number of rotatable bonds is 11. The van der Waals surface area contributed by atoms with Gasteiger partial charge in [-0.1, -0.05) is 0 Å². The summed E-state index contributed by atoms with van der Waals surface area (Å²) in [5.74, 6) is -4.53. The van der Waals surface area contributed by atoms with E-state index in [-0.39, 0.29) is 31.6 Å². The number of carbonyl (C=O) groups excluding carboxylic acids is 3. The van der Waals surface area contributed by atoms with E-state index in [9.17, 15) is 28.4 Å². The van der Waals surface area contributed by atoms with Crippen LogP contribution in [0.2, 0.25) is 0 Å². The summed E-state index contributed by atoms with van der Waals surface area (Å²) in [6, 6.07) is -0.194. The zero-order valence-corrected chi connectivity index (χ0v) is 15.1. The van der Waals surface area contributed by atoms with Crippen molar-refractivity contribution in [2.75, 3.05) is 19.6 Å². The summed E-state index contributed by atoms with van der Waals surface area (Å²) >= 11 is 0. The molecule has 1 rings (SSSR count). The summed E-state index contributed by atoms with van der Waals surface area (Å²) in [5.41, 5.74) is 0.143. The number of carboxylic acids is 2. The first kappa shape index (κ1) is 23.3. The van der Waals surface area contributed by atoms with Crippen LogP contribution in [0.3, 0.4) is 0 Å². The molecular weight excluding hydrogens is 392 g/mol. The van der Waals surface area contributed by atoms with Gasteiger partial charge in [0.1, 0.15) is 6.04 Å². The average molecular weight is 412 g/mol. The Balaban J connectivity index is 2.19. The van der Waals surface area contributed by atoms with Crippen LogP contribution in [0.4, 0.5) is 9.18 Å². The number of urea groups is 1. The van der Waals surface area contributed by atoms with E-state index >= 15 is 0 Å². The summed E-state index contributed by atoms with van der Waals surface area (Å²) < 4.78 is 12.7. The maximum atomic E-state index is 12.7. The number of aliphatic carboxylic acids is 2. The molecule has 1 aromatic heterocycles. The number of hydrogen-bond acceptors (Lipinski definition) is 6. The number of pyridine rings is 1. The number of carbonyl (C=O) groups is 5. The van der Waals surface area contributed by atoms with E-state index in [0.717, 1.165) is 12.3 Å². The second-order valence-electron chi connectivity index (χ2n) is 5.61. The lowest BCUT2D eigenvalue weighted by Gasteiger charge is -2.13. The first-order valence-electron chi connectivity index (χ1n) is 8.34. The summed E-state index contributed by atoms with van der Waals surface area (Å²) in [7, 11) is 0. The Hall–Kier alpha value is -3.77. The van der Waals surface area contributed by atoms with Crippen LogP contribution in [0.25, 0.3) is 0 Å². The van der Waals surface area contributed by atoms with Gasteiger partial charge in [-0.05, 0) is 12.1 Å². The van der Waals surface area contributed by atoms with E-state index < -0.39 is 48.2 Å². The number of halogens is 1. The van der Waals surface area contributed by atoms with Crippen LogP contribution in [-0.2, 0) is 14.4 Å². The van der Waals surface area contributed by atoms with E-state index in [4.69, 9.17) is 10.2 Å². The van der Waals surface area contributed by atoms with Crippen molar-refractivity contribution in [3.8, 4) is 0 Å². The number of nitrogens with one attached hydrogen (secondary N) is 4. The van der Waals surface area contributed by atoms with Gasteiger partial charge in [-0.15, -0.1) is 0 Å². The molecule has 0 spiro atoms. The predicted octanol–water partition coefficient (Wildman–Crippen LogP) is -1.32. The molecule has 13 heteroatoms. The largest absolute Gasteiger partial charge is 0.481 e. The van der Waals surface area contributed by atoms with E-state index in [2.05, 4.69) is 20.9 Å². The molecule has 0 aliphatic heterocycles. The van der Waals surface area contributed by atoms with Crippen LogP contribution < -0.4 is 21.3 Å². The molecule has 0 aliphatic rings. The summed E-state index contributed by atoms with van der Waals surface area (Å²) in [4.78, 5) is 59.6. The van der Waals surface area contributed by atoms with Gasteiger partial charge < -0.3 is 31.5 Å². The maximum Gasteiger partial charge on any atom is 0.326 e. The van der Waals surface area contributed by atoms with Crippen molar-refractivity contribution in [3.63, 3.8) is 0 Å². The molecule has 12 nitrogen and oxygen atoms in total. The average Bonchev–Trinajstić information content (AvgIpc) is 2.64. The lowest BCUT2D eigenvalue weighted by molar-refractivity contribution is -0.145. The zero-order valence-electron chi connectivity index (χ0n) is 15.1. The van der Waals surface area contributed by atoms with Crippen LogP contribution in [0, 0.1) is 5.95 Å². The summed E-state index contributed by atoms with van der Waals surface area (Å²) in [6.07, 6.45) is 0.234. The molecule has 1 atom stereocenters. The van der Waals surface area contributed by atoms with Crippen LogP contribution in [0.5, 0.6) is 0 Å². The lowest BCUT2D eigenvalue weighted by Crippen LogP contribution is -2.48. The van der Waals surface area contributed by atoms with Crippen LogP contribution in [-0.4, -0.2) is 70.7 Å². The van der Waals surface area contributed by atoms with E-state index in [1.807, 2.05) is 5.32 Å². The third kappa shape index (κ3) is 9.65. The topological polar surface area (TPSA) is 187 Å². The summed E-state index contributed by atoms with van der Waals surface area (Å²) in [5, 5.41) is 26.6. The van der Waals surface area contributed by atoms with Crippen molar-refractivity contribution < 1.29 is 38.6 Å². The Morgan fingerprint density at radius 3 is 2.28 bits per heavy atom. The lowest BCUT2D eigenvalue weighted by atomic mass is 10.2. The third-order valence-corrected chi connectivity index (χ3v) is 3.34. The Kier molecular flexibility index (Phi) is 9.50. The van der Waals surface area contributed by atoms with Crippen molar-refractivity contribution in [2.45, 2.75) is 18.9 Å². The van der Waals surface area contributed by atoms with Crippen LogP contribution in [0.15, 0.2) is 18.3 Å². The smallest absolute Gasteiger partial charge is 0.326 e. The first-order valence-corrected chi connectivity index (χ1v) is 8.34. The Morgan fingerprint density at radius 2 is 1.69 bits per heavy atom. The fourth-order valence-electron chi connectivity index (χ4n) is 1.95. The van der Waals surface area contributed by atoms with Gasteiger partial charge in [0.2, 0.25) is 11.9 Å². The van der Waals surface area contributed by atoms with Crippen molar-refractivity contribution >= 4 is 29.8 Å². The first-order chi connectivity index (χ1) is 13.7. The monoisotopic (exact) mass is 412 g/mol. The molecule has 1 aromatic rings.